The zero-order chi connectivity index (χ0) is 11.1. The zero-order valence-corrected chi connectivity index (χ0v) is 7.52. The largest absolute Gasteiger partial charge is 0.478 e. The number of aliphatic carboxylic acids is 2. The number of ether oxygens (including phenoxy) is 1. The van der Waals surface area contributed by atoms with Crippen LogP contribution in [0.5, 0.6) is 0 Å². The predicted molar refractivity (Wildman–Crippen MR) is 44.6 cm³/mol. The molecule has 0 saturated carbocycles. The van der Waals surface area contributed by atoms with Crippen LogP contribution < -0.4 is 0 Å². The number of hydrogen-bond acceptors (Lipinski definition) is 4. The van der Waals surface area contributed by atoms with Gasteiger partial charge in [0.2, 0.25) is 0 Å². The van der Waals surface area contributed by atoms with Gasteiger partial charge in [-0.25, -0.2) is 9.59 Å². The Morgan fingerprint density at radius 2 is 1.86 bits per heavy atom. The molecule has 0 atom stereocenters. The molecule has 0 aliphatic carbocycles. The first-order valence-corrected chi connectivity index (χ1v) is 3.79. The van der Waals surface area contributed by atoms with E-state index in [0.29, 0.717) is 6.08 Å². The van der Waals surface area contributed by atoms with Crippen LogP contribution in [0.1, 0.15) is 13.3 Å². The number of rotatable bonds is 5. The van der Waals surface area contributed by atoms with Crippen LogP contribution in [-0.4, -0.2) is 34.7 Å². The molecular formula is C8H10O6. The van der Waals surface area contributed by atoms with Gasteiger partial charge in [-0.15, -0.1) is 0 Å². The summed E-state index contributed by atoms with van der Waals surface area (Å²) in [5.41, 5.74) is -0.504. The van der Waals surface area contributed by atoms with Crippen molar-refractivity contribution in [3.05, 3.63) is 11.6 Å². The van der Waals surface area contributed by atoms with E-state index in [0.717, 1.165) is 0 Å². The third kappa shape index (κ3) is 4.91. The summed E-state index contributed by atoms with van der Waals surface area (Å²) in [6.45, 7) is 1.69. The van der Waals surface area contributed by atoms with Gasteiger partial charge in [-0.2, -0.15) is 0 Å². The number of carbonyl (C=O) groups excluding carboxylic acids is 1. The predicted octanol–water partition coefficient (Wildman–Crippen LogP) is 0.0352. The van der Waals surface area contributed by atoms with E-state index in [9.17, 15) is 14.4 Å². The van der Waals surface area contributed by atoms with Crippen molar-refractivity contribution in [1.29, 1.82) is 0 Å². The minimum atomic E-state index is -1.44. The van der Waals surface area contributed by atoms with Crippen LogP contribution in [0.4, 0.5) is 0 Å². The van der Waals surface area contributed by atoms with E-state index in [1.165, 1.54) is 0 Å². The van der Waals surface area contributed by atoms with Crippen molar-refractivity contribution >= 4 is 17.9 Å². The lowest BCUT2D eigenvalue weighted by molar-refractivity contribution is -0.144. The van der Waals surface area contributed by atoms with Crippen molar-refractivity contribution in [3.63, 3.8) is 0 Å². The molecule has 78 valence electrons. The normalized spacial score (nSPS) is 10.8. The second-order valence-corrected chi connectivity index (χ2v) is 2.29. The monoisotopic (exact) mass is 202 g/mol. The van der Waals surface area contributed by atoms with E-state index >= 15 is 0 Å². The highest BCUT2D eigenvalue weighted by atomic mass is 16.5. The van der Waals surface area contributed by atoms with Crippen molar-refractivity contribution < 1.29 is 29.3 Å². The minimum Gasteiger partial charge on any atom is -0.478 e. The molecular weight excluding hydrogens is 192 g/mol. The molecule has 0 aliphatic heterocycles. The van der Waals surface area contributed by atoms with Crippen LogP contribution in [-0.2, 0) is 19.1 Å². The van der Waals surface area contributed by atoms with Gasteiger partial charge in [0.05, 0.1) is 18.6 Å². The van der Waals surface area contributed by atoms with Crippen LogP contribution in [0.15, 0.2) is 11.6 Å². The van der Waals surface area contributed by atoms with Gasteiger partial charge in [0.15, 0.2) is 0 Å². The van der Waals surface area contributed by atoms with E-state index in [-0.39, 0.29) is 6.61 Å². The Morgan fingerprint density at radius 1 is 1.29 bits per heavy atom. The molecule has 0 aromatic heterocycles. The van der Waals surface area contributed by atoms with Crippen LogP contribution in [0.3, 0.4) is 0 Å². The third-order valence-electron chi connectivity index (χ3n) is 1.21. The summed E-state index contributed by atoms with van der Waals surface area (Å²) in [5, 5.41) is 16.8. The summed E-state index contributed by atoms with van der Waals surface area (Å²) in [4.78, 5) is 31.4. The van der Waals surface area contributed by atoms with Gasteiger partial charge in [0, 0.05) is 6.08 Å². The summed E-state index contributed by atoms with van der Waals surface area (Å²) in [5.74, 6) is -3.62. The van der Waals surface area contributed by atoms with Crippen LogP contribution in [0, 0.1) is 0 Å². The van der Waals surface area contributed by atoms with Crippen molar-refractivity contribution in [1.82, 2.24) is 0 Å². The summed E-state index contributed by atoms with van der Waals surface area (Å²) in [7, 11) is 0. The number of esters is 1. The van der Waals surface area contributed by atoms with Crippen molar-refractivity contribution in [3.8, 4) is 0 Å². The zero-order valence-electron chi connectivity index (χ0n) is 7.52. The van der Waals surface area contributed by atoms with Gasteiger partial charge >= 0.3 is 17.9 Å². The highest BCUT2D eigenvalue weighted by Crippen LogP contribution is 2.03. The van der Waals surface area contributed by atoms with Crippen LogP contribution in [0.2, 0.25) is 0 Å². The van der Waals surface area contributed by atoms with Gasteiger partial charge in [-0.05, 0) is 6.92 Å². The maximum atomic E-state index is 10.8. The van der Waals surface area contributed by atoms with Crippen molar-refractivity contribution in [2.24, 2.45) is 0 Å². The van der Waals surface area contributed by atoms with Crippen LogP contribution in [0.25, 0.3) is 0 Å². The Hall–Kier alpha value is -1.85. The molecule has 2 N–H and O–H groups in total. The fraction of sp³-hybridized carbons (Fsp3) is 0.375. The quantitative estimate of drug-likeness (QED) is 0.482. The first-order chi connectivity index (χ1) is 6.47. The Kier molecular flexibility index (Phi) is 4.98. The average Bonchev–Trinajstić information content (AvgIpc) is 2.02. The number of carbonyl (C=O) groups is 3. The number of carboxylic acid groups (broad SMARTS) is 2. The minimum absolute atomic E-state index is 0.124. The van der Waals surface area contributed by atoms with E-state index in [2.05, 4.69) is 4.74 Å². The Morgan fingerprint density at radius 3 is 2.21 bits per heavy atom. The van der Waals surface area contributed by atoms with Gasteiger partial charge in [0.25, 0.3) is 0 Å². The first kappa shape index (κ1) is 12.2. The molecule has 0 aromatic rings. The van der Waals surface area contributed by atoms with Crippen molar-refractivity contribution in [2.45, 2.75) is 13.3 Å². The average molecular weight is 202 g/mol. The number of carboxylic acids is 2. The lowest BCUT2D eigenvalue weighted by atomic mass is 10.2. The molecule has 0 saturated heterocycles. The summed E-state index contributed by atoms with van der Waals surface area (Å²) in [6, 6.07) is 0. The van der Waals surface area contributed by atoms with E-state index in [1.807, 2.05) is 0 Å². The molecule has 0 spiro atoms. The second kappa shape index (κ2) is 5.74. The summed E-state index contributed by atoms with van der Waals surface area (Å²) < 4.78 is 4.47. The molecule has 0 unspecified atom stereocenters. The van der Waals surface area contributed by atoms with E-state index < -0.39 is 29.9 Å². The van der Waals surface area contributed by atoms with Gasteiger partial charge in [-0.1, -0.05) is 0 Å². The molecule has 6 nitrogen and oxygen atoms in total. The molecule has 0 aromatic carbocycles. The fourth-order valence-electron chi connectivity index (χ4n) is 0.705. The molecule has 14 heavy (non-hydrogen) atoms. The summed E-state index contributed by atoms with van der Waals surface area (Å²) in [6.07, 6.45) is -0.0747. The third-order valence-corrected chi connectivity index (χ3v) is 1.21. The Bertz CT molecular complexity index is 278. The maximum absolute atomic E-state index is 10.8. The smallest absolute Gasteiger partial charge is 0.332 e. The highest BCUT2D eigenvalue weighted by molar-refractivity contribution is 5.98. The van der Waals surface area contributed by atoms with E-state index in [4.69, 9.17) is 10.2 Å². The lowest BCUT2D eigenvalue weighted by Crippen LogP contribution is -2.11. The second-order valence-electron chi connectivity index (χ2n) is 2.29. The standard InChI is InChI=1S/C8H10O6/c1-2-14-7(11)4-5(8(12)13)3-6(9)10/h3H,2,4H2,1H3,(H,9,10)(H,12,13). The number of hydrogen-bond donors (Lipinski definition) is 2. The molecule has 0 aliphatic rings. The van der Waals surface area contributed by atoms with Gasteiger partial charge in [-0.3, -0.25) is 4.79 Å². The van der Waals surface area contributed by atoms with Gasteiger partial charge < -0.3 is 14.9 Å². The topological polar surface area (TPSA) is 101 Å². The van der Waals surface area contributed by atoms with E-state index in [1.54, 1.807) is 6.92 Å². The van der Waals surface area contributed by atoms with Crippen molar-refractivity contribution in [2.75, 3.05) is 6.61 Å². The molecule has 6 heteroatoms. The SMILES string of the molecule is CCOC(=O)CC(=CC(=O)O)C(=O)O. The van der Waals surface area contributed by atoms with Crippen LogP contribution >= 0.6 is 0 Å². The molecule has 0 amide bonds. The lowest BCUT2D eigenvalue weighted by Gasteiger charge is -2.01. The molecule has 0 bridgehead atoms. The molecule has 0 fully saturated rings. The first-order valence-electron chi connectivity index (χ1n) is 3.79. The molecule has 0 radical (unpaired) electrons. The maximum Gasteiger partial charge on any atom is 0.332 e. The molecule has 0 heterocycles. The highest BCUT2D eigenvalue weighted by Gasteiger charge is 2.14. The Balaban J connectivity index is 4.47. The van der Waals surface area contributed by atoms with Gasteiger partial charge in [0.1, 0.15) is 0 Å². The fourth-order valence-corrected chi connectivity index (χ4v) is 0.705. The Labute approximate surface area is 79.8 Å². The molecule has 0 rings (SSSR count). The summed E-state index contributed by atoms with van der Waals surface area (Å²) >= 11 is 0.